The molecular weight excluding hydrogens is 532 g/mol. The van der Waals surface area contributed by atoms with Gasteiger partial charge in [0.25, 0.3) is 0 Å². The van der Waals surface area contributed by atoms with Gasteiger partial charge in [-0.3, -0.25) is 0 Å². The molecule has 1 atom stereocenters. The number of carboxylic acid groups (broad SMARTS) is 1. The van der Waals surface area contributed by atoms with Gasteiger partial charge in [0.15, 0.2) is 0 Å². The first-order chi connectivity index (χ1) is 18.6. The van der Waals surface area contributed by atoms with E-state index in [-0.39, 0.29) is 35.8 Å². The molecular formula is C27H31ClN2O9. The molecule has 0 aliphatic carbocycles. The van der Waals surface area contributed by atoms with Crippen LogP contribution in [0, 0.1) is 0 Å². The lowest BCUT2D eigenvalue weighted by atomic mass is 9.80. The molecule has 0 saturated carbocycles. The maximum atomic E-state index is 12.9. The smallest absolute Gasteiger partial charge is 0.339 e. The summed E-state index contributed by atoms with van der Waals surface area (Å²) < 4.78 is 15.8. The third-order valence-electron chi connectivity index (χ3n) is 5.48. The highest BCUT2D eigenvalue weighted by Crippen LogP contribution is 2.41. The Balaban J connectivity index is 0.000000404. The van der Waals surface area contributed by atoms with Gasteiger partial charge in [-0.25, -0.2) is 14.4 Å². The van der Waals surface area contributed by atoms with Gasteiger partial charge in [-0.15, -0.1) is 0 Å². The summed E-state index contributed by atoms with van der Waals surface area (Å²) in [7, 11) is 1.29. The summed E-state index contributed by atoms with van der Waals surface area (Å²) in [5.74, 6) is -3.66. The number of hydrogen-bond acceptors (Lipinski definition) is 10. The molecule has 39 heavy (non-hydrogen) atoms. The van der Waals surface area contributed by atoms with E-state index >= 15 is 0 Å². The van der Waals surface area contributed by atoms with Crippen LogP contribution >= 0.6 is 11.6 Å². The van der Waals surface area contributed by atoms with Gasteiger partial charge in [0, 0.05) is 17.3 Å². The van der Waals surface area contributed by atoms with Crippen molar-refractivity contribution in [2.24, 2.45) is 5.73 Å². The van der Waals surface area contributed by atoms with E-state index in [0.29, 0.717) is 40.7 Å². The number of carboxylic acids is 1. The number of benzene rings is 2. The normalized spacial score (nSPS) is 14.6. The van der Waals surface area contributed by atoms with Gasteiger partial charge in [0.1, 0.15) is 17.1 Å². The number of aromatic carboxylic acids is 1. The monoisotopic (exact) mass is 562 g/mol. The average molecular weight is 563 g/mol. The minimum atomic E-state index is -1.27. The maximum Gasteiger partial charge on any atom is 0.339 e. The fraction of sp³-hybridized carbons (Fsp3) is 0.296. The van der Waals surface area contributed by atoms with Crippen LogP contribution in [0.1, 0.15) is 35.7 Å². The van der Waals surface area contributed by atoms with Crippen LogP contribution in [0.4, 0.5) is 0 Å². The number of nitrogens with one attached hydrogen (secondary N) is 1. The number of esters is 2. The third kappa shape index (κ3) is 7.96. The Labute approximate surface area is 230 Å². The minimum absolute atomic E-state index is 0.109. The van der Waals surface area contributed by atoms with Crippen LogP contribution in [0.5, 0.6) is 11.5 Å². The Morgan fingerprint density at radius 1 is 1.08 bits per heavy atom. The second-order valence-corrected chi connectivity index (χ2v) is 8.48. The van der Waals surface area contributed by atoms with Crippen molar-refractivity contribution >= 4 is 29.5 Å². The molecule has 0 bridgehead atoms. The number of hydrogen-bond donors (Lipinski definition) is 5. The molecule has 1 aliphatic heterocycles. The highest BCUT2D eigenvalue weighted by molar-refractivity contribution is 6.31. The number of nitrogens with two attached hydrogens (primary N) is 1. The summed E-state index contributed by atoms with van der Waals surface area (Å²) in [5, 5.41) is 29.7. The average Bonchev–Trinajstić information content (AvgIpc) is 2.90. The number of phenolic OH excluding ortho intramolecular Hbond substituents is 1. The van der Waals surface area contributed by atoms with Crippen molar-refractivity contribution in [2.75, 3.05) is 33.5 Å². The number of halogens is 1. The molecule has 3 rings (SSSR count). The SMILES string of the molecule is CCOC(=O)C1=C(COCCN)NC(C)=C(C(=O)OC)C1c1ccccc1Cl.O=C(O)c1cc(O)ccc1O. The van der Waals surface area contributed by atoms with Crippen LogP contribution in [0.2, 0.25) is 5.02 Å². The standard InChI is InChI=1S/C20H25ClN2O5.C7H6O4/c1-4-28-20(25)18-15(11-27-10-9-22)23-12(2)16(19(24)26-3)17(18)13-7-5-6-8-14(13)21;8-4-1-2-6(9)5(3-4)7(10)11/h5-8,17,23H,4,9-11,22H2,1-3H3;1-3,8-9H,(H,10,11). The van der Waals surface area contributed by atoms with Crippen LogP contribution < -0.4 is 11.1 Å². The molecule has 6 N–H and O–H groups in total. The van der Waals surface area contributed by atoms with Gasteiger partial charge in [0.05, 0.1) is 49.7 Å². The highest BCUT2D eigenvalue weighted by Gasteiger charge is 2.39. The van der Waals surface area contributed by atoms with Gasteiger partial charge in [-0.2, -0.15) is 0 Å². The number of phenols is 2. The first kappa shape index (κ1) is 31.2. The van der Waals surface area contributed by atoms with Crippen molar-refractivity contribution in [1.29, 1.82) is 0 Å². The summed E-state index contributed by atoms with van der Waals surface area (Å²) in [5.41, 5.74) is 7.40. The summed E-state index contributed by atoms with van der Waals surface area (Å²) in [6.07, 6.45) is 0. The van der Waals surface area contributed by atoms with Crippen molar-refractivity contribution in [2.45, 2.75) is 19.8 Å². The number of allylic oxidation sites excluding steroid dienone is 1. The molecule has 0 fully saturated rings. The molecule has 1 unspecified atom stereocenters. The Hall–Kier alpha value is -4.06. The van der Waals surface area contributed by atoms with Crippen molar-refractivity contribution in [3.8, 4) is 11.5 Å². The van der Waals surface area contributed by atoms with Gasteiger partial charge >= 0.3 is 17.9 Å². The van der Waals surface area contributed by atoms with E-state index in [4.69, 9.17) is 46.9 Å². The van der Waals surface area contributed by atoms with E-state index in [1.807, 2.05) is 0 Å². The molecule has 1 heterocycles. The van der Waals surface area contributed by atoms with E-state index in [0.717, 1.165) is 12.1 Å². The number of aromatic hydroxyl groups is 2. The Bertz CT molecular complexity index is 1270. The molecule has 0 radical (unpaired) electrons. The Morgan fingerprint density at radius 3 is 2.33 bits per heavy atom. The molecule has 2 aromatic rings. The Kier molecular flexibility index (Phi) is 11.8. The third-order valence-corrected chi connectivity index (χ3v) is 5.83. The zero-order chi connectivity index (χ0) is 29.1. The van der Waals surface area contributed by atoms with Crippen LogP contribution in [-0.2, 0) is 23.8 Å². The molecule has 12 heteroatoms. The zero-order valence-electron chi connectivity index (χ0n) is 21.7. The van der Waals surface area contributed by atoms with Gasteiger partial charge in [0.2, 0.25) is 0 Å². The molecule has 1 aliphatic rings. The zero-order valence-corrected chi connectivity index (χ0v) is 22.4. The fourth-order valence-corrected chi connectivity index (χ4v) is 4.06. The molecule has 0 spiro atoms. The van der Waals surface area contributed by atoms with Gasteiger partial charge in [-0.1, -0.05) is 29.8 Å². The minimum Gasteiger partial charge on any atom is -0.508 e. The number of methoxy groups -OCH3 is 1. The van der Waals surface area contributed by atoms with Crippen molar-refractivity contribution in [1.82, 2.24) is 5.32 Å². The second-order valence-electron chi connectivity index (χ2n) is 8.07. The molecule has 0 saturated heterocycles. The lowest BCUT2D eigenvalue weighted by molar-refractivity contribution is -0.139. The number of carbonyl (C=O) groups excluding carboxylic acids is 2. The summed E-state index contributed by atoms with van der Waals surface area (Å²) in [6.45, 7) is 4.42. The number of dihydropyridines is 1. The number of rotatable bonds is 9. The first-order valence-corrected chi connectivity index (χ1v) is 12.2. The number of carbonyl (C=O) groups is 3. The first-order valence-electron chi connectivity index (χ1n) is 11.8. The predicted octanol–water partition coefficient (Wildman–Crippen LogP) is 3.06. The molecule has 0 aromatic heterocycles. The van der Waals surface area contributed by atoms with E-state index in [2.05, 4.69) is 5.32 Å². The maximum absolute atomic E-state index is 12.9. The van der Waals surface area contributed by atoms with E-state index in [1.54, 1.807) is 38.1 Å². The topological polar surface area (TPSA) is 178 Å². The molecule has 11 nitrogen and oxygen atoms in total. The molecule has 0 amide bonds. The fourth-order valence-electron chi connectivity index (χ4n) is 3.81. The van der Waals surface area contributed by atoms with Gasteiger partial charge in [-0.05, 0) is 43.7 Å². The van der Waals surface area contributed by atoms with Crippen LogP contribution in [0.15, 0.2) is 65.0 Å². The lowest BCUT2D eigenvalue weighted by Gasteiger charge is -2.31. The summed E-state index contributed by atoms with van der Waals surface area (Å²) in [6, 6.07) is 10.4. The van der Waals surface area contributed by atoms with Crippen LogP contribution in [0.3, 0.4) is 0 Å². The summed E-state index contributed by atoms with van der Waals surface area (Å²) >= 11 is 6.42. The van der Waals surface area contributed by atoms with E-state index in [9.17, 15) is 14.4 Å². The largest absolute Gasteiger partial charge is 0.508 e. The van der Waals surface area contributed by atoms with E-state index in [1.165, 1.54) is 13.2 Å². The van der Waals surface area contributed by atoms with Crippen molar-refractivity contribution in [3.05, 3.63) is 81.2 Å². The Morgan fingerprint density at radius 2 is 1.77 bits per heavy atom. The predicted molar refractivity (Wildman–Crippen MR) is 142 cm³/mol. The van der Waals surface area contributed by atoms with Crippen LogP contribution in [-0.4, -0.2) is 66.7 Å². The van der Waals surface area contributed by atoms with Crippen molar-refractivity contribution in [3.63, 3.8) is 0 Å². The number of ether oxygens (including phenoxy) is 3. The van der Waals surface area contributed by atoms with Crippen LogP contribution in [0.25, 0.3) is 0 Å². The van der Waals surface area contributed by atoms with E-state index < -0.39 is 23.8 Å². The van der Waals surface area contributed by atoms with Gasteiger partial charge < -0.3 is 40.6 Å². The molecule has 2 aromatic carbocycles. The quantitative estimate of drug-likeness (QED) is 0.172. The lowest BCUT2D eigenvalue weighted by Crippen LogP contribution is -2.35. The second kappa shape index (κ2) is 14.8. The summed E-state index contributed by atoms with van der Waals surface area (Å²) in [4.78, 5) is 35.8. The highest BCUT2D eigenvalue weighted by atomic mass is 35.5. The molecule has 210 valence electrons. The van der Waals surface area contributed by atoms with Crippen molar-refractivity contribution < 1.29 is 43.9 Å².